The van der Waals surface area contributed by atoms with E-state index in [1.807, 2.05) is 31.2 Å². The molecule has 0 bridgehead atoms. The lowest BCUT2D eigenvalue weighted by Gasteiger charge is -2.02. The van der Waals surface area contributed by atoms with Gasteiger partial charge < -0.3 is 10.3 Å². The molecule has 126 valence electrons. The maximum atomic E-state index is 13.3. The molecule has 0 fully saturated rings. The fraction of sp³-hybridized carbons (Fsp3) is 0.111. The molecule has 0 unspecified atom stereocenters. The van der Waals surface area contributed by atoms with Gasteiger partial charge in [-0.1, -0.05) is 29.5 Å². The minimum atomic E-state index is -0.954. The Hall–Kier alpha value is -2.80. The zero-order valence-corrected chi connectivity index (χ0v) is 14.0. The van der Waals surface area contributed by atoms with Crippen LogP contribution in [0.4, 0.5) is 13.9 Å². The molecule has 0 aliphatic heterocycles. The first-order chi connectivity index (χ1) is 12.0. The number of H-pyrrole nitrogens is 1. The van der Waals surface area contributed by atoms with E-state index in [1.165, 1.54) is 0 Å². The Labute approximate surface area is 145 Å². The molecule has 2 N–H and O–H groups in total. The molecule has 1 amide bonds. The van der Waals surface area contributed by atoms with Crippen molar-refractivity contribution < 1.29 is 13.6 Å². The minimum Gasteiger partial charge on any atom is -0.358 e. The lowest BCUT2D eigenvalue weighted by atomic mass is 10.1. The molecule has 0 aliphatic rings. The van der Waals surface area contributed by atoms with Crippen LogP contribution in [0.2, 0.25) is 0 Å². The van der Waals surface area contributed by atoms with Crippen molar-refractivity contribution in [2.24, 2.45) is 0 Å². The van der Waals surface area contributed by atoms with E-state index in [4.69, 9.17) is 0 Å². The van der Waals surface area contributed by atoms with Crippen LogP contribution in [-0.2, 0) is 11.2 Å². The quantitative estimate of drug-likeness (QED) is 0.565. The summed E-state index contributed by atoms with van der Waals surface area (Å²) in [5.41, 5.74) is 3.16. The van der Waals surface area contributed by atoms with Crippen LogP contribution < -0.4 is 5.32 Å². The van der Waals surface area contributed by atoms with Crippen molar-refractivity contribution in [2.75, 3.05) is 5.32 Å². The van der Waals surface area contributed by atoms with Gasteiger partial charge in [0.15, 0.2) is 16.8 Å². The lowest BCUT2D eigenvalue weighted by Crippen LogP contribution is -2.14. The van der Waals surface area contributed by atoms with Gasteiger partial charge in [-0.15, -0.1) is 0 Å². The van der Waals surface area contributed by atoms with E-state index in [0.717, 1.165) is 45.6 Å². The van der Waals surface area contributed by atoms with Gasteiger partial charge in [0, 0.05) is 22.7 Å². The van der Waals surface area contributed by atoms with Crippen LogP contribution in [-0.4, -0.2) is 15.9 Å². The number of hydrogen-bond acceptors (Lipinski definition) is 3. The summed E-state index contributed by atoms with van der Waals surface area (Å²) in [5.74, 6) is -2.11. The van der Waals surface area contributed by atoms with Crippen molar-refractivity contribution in [3.8, 4) is 0 Å². The summed E-state index contributed by atoms with van der Waals surface area (Å²) in [6.45, 7) is 1.92. The molecular weight excluding hydrogens is 344 g/mol. The second kappa shape index (κ2) is 5.93. The summed E-state index contributed by atoms with van der Waals surface area (Å²) in [7, 11) is 0. The molecule has 0 atom stereocenters. The van der Waals surface area contributed by atoms with Crippen LogP contribution in [0.1, 0.15) is 11.3 Å². The molecule has 0 spiro atoms. The van der Waals surface area contributed by atoms with Crippen molar-refractivity contribution in [1.29, 1.82) is 0 Å². The van der Waals surface area contributed by atoms with Crippen molar-refractivity contribution in [3.63, 3.8) is 0 Å². The average Bonchev–Trinajstić information content (AvgIpc) is 3.08. The van der Waals surface area contributed by atoms with Gasteiger partial charge in [-0.2, -0.15) is 0 Å². The smallest absolute Gasteiger partial charge is 0.230 e. The normalized spacial score (nSPS) is 11.3. The number of carbonyl (C=O) groups excluding carboxylic acids is 1. The van der Waals surface area contributed by atoms with E-state index >= 15 is 0 Å². The van der Waals surface area contributed by atoms with Crippen LogP contribution in [0, 0.1) is 18.6 Å². The second-order valence-electron chi connectivity index (χ2n) is 5.75. The SMILES string of the molecule is Cc1[nH]c2ccccc2c1CC(=O)Nc1nc2cc(F)c(F)cc2s1. The maximum absolute atomic E-state index is 13.3. The number of amides is 1. The van der Waals surface area contributed by atoms with E-state index in [2.05, 4.69) is 15.3 Å². The number of aromatic amines is 1. The first kappa shape index (κ1) is 15.7. The molecule has 4 nitrogen and oxygen atoms in total. The standard InChI is InChI=1S/C18H13F2N3OS/c1-9-11(10-4-2-3-5-14(10)21-9)6-17(24)23-18-22-15-7-12(19)13(20)8-16(15)25-18/h2-5,7-8,21H,6H2,1H3,(H,22,23,24). The Balaban J connectivity index is 1.58. The zero-order chi connectivity index (χ0) is 17.6. The van der Waals surface area contributed by atoms with E-state index in [1.54, 1.807) is 0 Å². The number of halogens is 2. The molecule has 0 radical (unpaired) electrons. The number of fused-ring (bicyclic) bond motifs is 2. The van der Waals surface area contributed by atoms with E-state index in [0.29, 0.717) is 15.3 Å². The molecule has 2 aromatic carbocycles. The zero-order valence-electron chi connectivity index (χ0n) is 13.2. The predicted molar refractivity (Wildman–Crippen MR) is 94.9 cm³/mol. The predicted octanol–water partition coefficient (Wildman–Crippen LogP) is 4.55. The number of aryl methyl sites for hydroxylation is 1. The molecule has 2 aromatic heterocycles. The van der Waals surface area contributed by atoms with Gasteiger partial charge in [-0.25, -0.2) is 13.8 Å². The third-order valence-electron chi connectivity index (χ3n) is 4.04. The summed E-state index contributed by atoms with van der Waals surface area (Å²) in [5, 5.41) is 4.04. The summed E-state index contributed by atoms with van der Waals surface area (Å²) in [6.07, 6.45) is 0.189. The summed E-state index contributed by atoms with van der Waals surface area (Å²) in [4.78, 5) is 19.8. The van der Waals surface area contributed by atoms with Crippen LogP contribution in [0.15, 0.2) is 36.4 Å². The summed E-state index contributed by atoms with van der Waals surface area (Å²) < 4.78 is 27.0. The highest BCUT2D eigenvalue weighted by Crippen LogP contribution is 2.28. The third kappa shape index (κ3) is 2.87. The molecule has 4 aromatic rings. The van der Waals surface area contributed by atoms with Crippen molar-refractivity contribution >= 4 is 43.5 Å². The Morgan fingerprint density at radius 1 is 1.24 bits per heavy atom. The van der Waals surface area contributed by atoms with Crippen molar-refractivity contribution in [3.05, 3.63) is 59.3 Å². The summed E-state index contributed by atoms with van der Waals surface area (Å²) >= 11 is 1.11. The number of anilines is 1. The minimum absolute atomic E-state index is 0.189. The van der Waals surface area contributed by atoms with Gasteiger partial charge in [-0.05, 0) is 24.6 Å². The molecule has 0 aliphatic carbocycles. The van der Waals surface area contributed by atoms with Crippen LogP contribution in [0.3, 0.4) is 0 Å². The van der Waals surface area contributed by atoms with E-state index in [9.17, 15) is 13.6 Å². The van der Waals surface area contributed by atoms with Crippen LogP contribution >= 0.6 is 11.3 Å². The van der Waals surface area contributed by atoms with Gasteiger partial charge in [0.05, 0.1) is 16.6 Å². The van der Waals surface area contributed by atoms with E-state index < -0.39 is 11.6 Å². The lowest BCUT2D eigenvalue weighted by molar-refractivity contribution is -0.115. The number of thiazole rings is 1. The van der Waals surface area contributed by atoms with Crippen LogP contribution in [0.25, 0.3) is 21.1 Å². The fourth-order valence-corrected chi connectivity index (χ4v) is 3.75. The van der Waals surface area contributed by atoms with Gasteiger partial charge in [0.25, 0.3) is 0 Å². The number of carbonyl (C=O) groups is 1. The van der Waals surface area contributed by atoms with Gasteiger partial charge in [0.2, 0.25) is 5.91 Å². The number of aromatic nitrogens is 2. The number of rotatable bonds is 3. The number of benzene rings is 2. The third-order valence-corrected chi connectivity index (χ3v) is 4.97. The maximum Gasteiger partial charge on any atom is 0.230 e. The van der Waals surface area contributed by atoms with Crippen molar-refractivity contribution in [2.45, 2.75) is 13.3 Å². The largest absolute Gasteiger partial charge is 0.358 e. The van der Waals surface area contributed by atoms with Gasteiger partial charge in [0.1, 0.15) is 0 Å². The average molecular weight is 357 g/mol. The molecule has 2 heterocycles. The van der Waals surface area contributed by atoms with Gasteiger partial charge >= 0.3 is 0 Å². The van der Waals surface area contributed by atoms with Crippen LogP contribution in [0.5, 0.6) is 0 Å². The van der Waals surface area contributed by atoms with Gasteiger partial charge in [-0.3, -0.25) is 4.79 Å². The monoisotopic (exact) mass is 357 g/mol. The highest BCUT2D eigenvalue weighted by atomic mass is 32.1. The molecule has 25 heavy (non-hydrogen) atoms. The molecule has 7 heteroatoms. The highest BCUT2D eigenvalue weighted by molar-refractivity contribution is 7.22. The molecule has 0 saturated carbocycles. The van der Waals surface area contributed by atoms with E-state index in [-0.39, 0.29) is 12.3 Å². The fourth-order valence-electron chi connectivity index (χ4n) is 2.86. The first-order valence-corrected chi connectivity index (χ1v) is 8.44. The van der Waals surface area contributed by atoms with Crippen molar-refractivity contribution in [1.82, 2.24) is 9.97 Å². The second-order valence-corrected chi connectivity index (χ2v) is 6.78. The molecule has 4 rings (SSSR count). The molecular formula is C18H13F2N3OS. The summed E-state index contributed by atoms with van der Waals surface area (Å²) in [6, 6.07) is 9.89. The number of hydrogen-bond donors (Lipinski definition) is 2. The Kier molecular flexibility index (Phi) is 3.73. The number of nitrogens with one attached hydrogen (secondary N) is 2. The Bertz CT molecular complexity index is 1080. The topological polar surface area (TPSA) is 57.8 Å². The number of para-hydroxylation sites is 1. The Morgan fingerprint density at radius 3 is 2.84 bits per heavy atom. The number of nitrogens with zero attached hydrogens (tertiary/aromatic N) is 1. The highest BCUT2D eigenvalue weighted by Gasteiger charge is 2.15. The molecule has 0 saturated heterocycles. The first-order valence-electron chi connectivity index (χ1n) is 7.63. The Morgan fingerprint density at radius 2 is 2.00 bits per heavy atom.